The number of amides is 1. The van der Waals surface area contributed by atoms with Gasteiger partial charge in [-0.3, -0.25) is 9.69 Å². The molecular weight excluding hydrogens is 440 g/mol. The number of anilines is 1. The number of para-hydroxylation sites is 2. The highest BCUT2D eigenvalue weighted by molar-refractivity contribution is 7.23. The number of methoxy groups -OCH3 is 1. The normalized spacial score (nSPS) is 15.1. The minimum atomic E-state index is -0.825. The van der Waals surface area contributed by atoms with Crippen LogP contribution < -0.4 is 19.1 Å². The summed E-state index contributed by atoms with van der Waals surface area (Å²) in [7, 11) is 1.57. The first kappa shape index (κ1) is 19.7. The average molecular weight is 457 g/mol. The largest absolute Gasteiger partial charge is 0.494 e. The van der Waals surface area contributed by atoms with E-state index in [1.807, 2.05) is 12.1 Å². The molecule has 1 amide bonds. The number of halogens is 1. The molecule has 0 spiro atoms. The number of carbonyl (C=O) groups is 1. The summed E-state index contributed by atoms with van der Waals surface area (Å²) in [6, 6.07) is 14.3. The van der Waals surface area contributed by atoms with Gasteiger partial charge in [0.05, 0.1) is 29.6 Å². The number of hydrogen-bond donors (Lipinski definition) is 0. The van der Waals surface area contributed by atoms with Gasteiger partial charge in [0.1, 0.15) is 23.6 Å². The molecular formula is C22H17ClN2O5S. The molecule has 0 radical (unpaired) electrons. The highest BCUT2D eigenvalue weighted by Crippen LogP contribution is 2.40. The van der Waals surface area contributed by atoms with Gasteiger partial charge in [0.25, 0.3) is 5.91 Å². The Morgan fingerprint density at radius 3 is 2.84 bits per heavy atom. The summed E-state index contributed by atoms with van der Waals surface area (Å²) in [6.07, 6.45) is 0.737. The summed E-state index contributed by atoms with van der Waals surface area (Å²) in [5, 5.41) is 1.00. The molecule has 9 heteroatoms. The number of nitrogens with zero attached hydrogens (tertiary/aromatic N) is 2. The Hall–Kier alpha value is -3.23. The van der Waals surface area contributed by atoms with Crippen LogP contribution in [0.3, 0.4) is 0 Å². The second-order valence-electron chi connectivity index (χ2n) is 6.79. The molecule has 7 nitrogen and oxygen atoms in total. The molecule has 0 aliphatic carbocycles. The molecule has 4 aromatic rings. The zero-order valence-corrected chi connectivity index (χ0v) is 18.0. The fourth-order valence-corrected chi connectivity index (χ4v) is 4.60. The predicted molar refractivity (Wildman–Crippen MR) is 117 cm³/mol. The number of hydrogen-bond acceptors (Lipinski definition) is 7. The molecule has 2 aromatic carbocycles. The van der Waals surface area contributed by atoms with Gasteiger partial charge >= 0.3 is 0 Å². The van der Waals surface area contributed by atoms with E-state index in [4.69, 9.17) is 30.2 Å². The number of benzene rings is 2. The quantitative estimate of drug-likeness (QED) is 0.424. The third-order valence-corrected chi connectivity index (χ3v) is 6.38. The van der Waals surface area contributed by atoms with Crippen molar-refractivity contribution in [3.8, 4) is 17.2 Å². The standard InChI is InChI=1S/C22H17ClN2O5S/c1-27-17-9-8-14(23)20-19(17)24-22(31-20)25(11-13-5-4-10-28-13)21(26)18-12-29-15-6-2-3-7-16(15)30-18/h2-10,18H,11-12H2,1H3. The molecule has 31 heavy (non-hydrogen) atoms. The van der Waals surface area contributed by atoms with Crippen LogP contribution >= 0.6 is 22.9 Å². The van der Waals surface area contributed by atoms with Crippen LogP contribution in [0.15, 0.2) is 59.2 Å². The molecule has 1 atom stereocenters. The van der Waals surface area contributed by atoms with Crippen LogP contribution in [0.25, 0.3) is 10.2 Å². The molecule has 1 unspecified atom stereocenters. The van der Waals surface area contributed by atoms with E-state index in [-0.39, 0.29) is 19.1 Å². The van der Waals surface area contributed by atoms with Gasteiger partial charge in [0, 0.05) is 0 Å². The van der Waals surface area contributed by atoms with Crippen molar-refractivity contribution >= 4 is 44.2 Å². The van der Waals surface area contributed by atoms with Crippen molar-refractivity contribution in [3.63, 3.8) is 0 Å². The fourth-order valence-electron chi connectivity index (χ4n) is 3.33. The fraction of sp³-hybridized carbons (Fsp3) is 0.182. The van der Waals surface area contributed by atoms with E-state index in [2.05, 4.69) is 4.98 Å². The van der Waals surface area contributed by atoms with Gasteiger partial charge in [0.15, 0.2) is 16.6 Å². The van der Waals surface area contributed by atoms with Gasteiger partial charge in [0.2, 0.25) is 6.10 Å². The van der Waals surface area contributed by atoms with Gasteiger partial charge < -0.3 is 18.6 Å². The SMILES string of the molecule is COc1ccc(Cl)c2sc(N(Cc3ccco3)C(=O)C3COc4ccccc4O3)nc12. The Morgan fingerprint density at radius 2 is 2.06 bits per heavy atom. The molecule has 0 saturated carbocycles. The van der Waals surface area contributed by atoms with E-state index in [0.717, 1.165) is 4.70 Å². The third kappa shape index (κ3) is 3.68. The summed E-state index contributed by atoms with van der Waals surface area (Å²) < 4.78 is 23.3. The second-order valence-corrected chi connectivity index (χ2v) is 8.18. The van der Waals surface area contributed by atoms with Crippen molar-refractivity contribution in [1.82, 2.24) is 4.98 Å². The molecule has 1 aliphatic heterocycles. The van der Waals surface area contributed by atoms with Crippen molar-refractivity contribution in [2.75, 3.05) is 18.6 Å². The van der Waals surface area contributed by atoms with Crippen LogP contribution in [0, 0.1) is 0 Å². The van der Waals surface area contributed by atoms with Gasteiger partial charge in [-0.05, 0) is 36.4 Å². The number of thiazole rings is 1. The number of carbonyl (C=O) groups excluding carboxylic acids is 1. The Bertz CT molecular complexity index is 1240. The van der Waals surface area contributed by atoms with Gasteiger partial charge in [-0.25, -0.2) is 4.98 Å². The maximum atomic E-state index is 13.5. The molecule has 158 valence electrons. The lowest BCUT2D eigenvalue weighted by atomic mass is 10.2. The van der Waals surface area contributed by atoms with E-state index >= 15 is 0 Å². The summed E-state index contributed by atoms with van der Waals surface area (Å²) >= 11 is 7.68. The summed E-state index contributed by atoms with van der Waals surface area (Å²) in [5.74, 6) is 2.04. The zero-order valence-electron chi connectivity index (χ0n) is 16.4. The lowest BCUT2D eigenvalue weighted by Crippen LogP contribution is -2.46. The molecule has 5 rings (SSSR count). The minimum Gasteiger partial charge on any atom is -0.494 e. The number of rotatable bonds is 5. The van der Waals surface area contributed by atoms with E-state index in [9.17, 15) is 4.79 Å². The number of furan rings is 1. The van der Waals surface area contributed by atoms with Crippen molar-refractivity contribution in [1.29, 1.82) is 0 Å². The first-order valence-corrected chi connectivity index (χ1v) is 10.7. The van der Waals surface area contributed by atoms with E-state index in [0.29, 0.717) is 38.7 Å². The van der Waals surface area contributed by atoms with E-state index in [1.54, 1.807) is 49.8 Å². The van der Waals surface area contributed by atoms with E-state index < -0.39 is 6.10 Å². The second kappa shape index (κ2) is 8.13. The average Bonchev–Trinajstić information content (AvgIpc) is 3.47. The zero-order chi connectivity index (χ0) is 21.4. The maximum absolute atomic E-state index is 13.5. The Balaban J connectivity index is 1.53. The predicted octanol–water partition coefficient (Wildman–Crippen LogP) is 4.92. The van der Waals surface area contributed by atoms with Crippen LogP contribution in [0.4, 0.5) is 5.13 Å². The lowest BCUT2D eigenvalue weighted by Gasteiger charge is -2.29. The molecule has 0 fully saturated rings. The third-order valence-electron chi connectivity index (χ3n) is 4.84. The van der Waals surface area contributed by atoms with Gasteiger partial charge in [-0.15, -0.1) is 0 Å². The number of ether oxygens (including phenoxy) is 3. The molecule has 0 saturated heterocycles. The Labute approximate surface area is 186 Å². The lowest BCUT2D eigenvalue weighted by molar-refractivity contribution is -0.127. The molecule has 0 N–H and O–H groups in total. The Morgan fingerprint density at radius 1 is 1.23 bits per heavy atom. The van der Waals surface area contributed by atoms with Gasteiger partial charge in [-0.1, -0.05) is 35.1 Å². The van der Waals surface area contributed by atoms with Crippen molar-refractivity contribution in [2.24, 2.45) is 0 Å². The van der Waals surface area contributed by atoms with Crippen molar-refractivity contribution < 1.29 is 23.4 Å². The highest BCUT2D eigenvalue weighted by atomic mass is 35.5. The molecule has 1 aliphatic rings. The Kier molecular flexibility index (Phi) is 5.17. The monoisotopic (exact) mass is 456 g/mol. The number of fused-ring (bicyclic) bond motifs is 2. The highest BCUT2D eigenvalue weighted by Gasteiger charge is 2.34. The van der Waals surface area contributed by atoms with Crippen LogP contribution in [-0.4, -0.2) is 30.7 Å². The van der Waals surface area contributed by atoms with Crippen molar-refractivity contribution in [2.45, 2.75) is 12.6 Å². The van der Waals surface area contributed by atoms with Gasteiger partial charge in [-0.2, -0.15) is 0 Å². The maximum Gasteiger partial charge on any atom is 0.273 e. The summed E-state index contributed by atoms with van der Waals surface area (Å²) in [4.78, 5) is 19.7. The smallest absolute Gasteiger partial charge is 0.273 e. The molecule has 3 heterocycles. The van der Waals surface area contributed by atoms with Crippen LogP contribution in [0.2, 0.25) is 5.02 Å². The van der Waals surface area contributed by atoms with Crippen LogP contribution in [0.5, 0.6) is 17.2 Å². The topological polar surface area (TPSA) is 74.0 Å². The van der Waals surface area contributed by atoms with Crippen molar-refractivity contribution in [3.05, 3.63) is 65.6 Å². The molecule has 0 bridgehead atoms. The van der Waals surface area contributed by atoms with E-state index in [1.165, 1.54) is 16.2 Å². The first-order chi connectivity index (χ1) is 15.1. The summed E-state index contributed by atoms with van der Waals surface area (Å²) in [5.41, 5.74) is 0.596. The molecule has 2 aromatic heterocycles. The minimum absolute atomic E-state index is 0.0967. The number of aromatic nitrogens is 1. The van der Waals surface area contributed by atoms with Crippen LogP contribution in [0.1, 0.15) is 5.76 Å². The van der Waals surface area contributed by atoms with Crippen LogP contribution in [-0.2, 0) is 11.3 Å². The summed E-state index contributed by atoms with van der Waals surface area (Å²) in [6.45, 7) is 0.284. The first-order valence-electron chi connectivity index (χ1n) is 9.49.